The van der Waals surface area contributed by atoms with E-state index >= 15 is 0 Å². The SMILES string of the molecule is CCOCC(C)(O)c1ccc2oc3ccccc3c2c1. The summed E-state index contributed by atoms with van der Waals surface area (Å²) in [4.78, 5) is 0. The molecule has 0 saturated carbocycles. The molecule has 104 valence electrons. The van der Waals surface area contributed by atoms with Crippen molar-refractivity contribution in [1.29, 1.82) is 0 Å². The lowest BCUT2D eigenvalue weighted by molar-refractivity contribution is -0.0342. The molecule has 3 heteroatoms. The second-order valence-corrected chi connectivity index (χ2v) is 5.22. The Morgan fingerprint density at radius 1 is 1.10 bits per heavy atom. The van der Waals surface area contributed by atoms with Crippen LogP contribution in [0.2, 0.25) is 0 Å². The fourth-order valence-corrected chi connectivity index (χ4v) is 2.45. The van der Waals surface area contributed by atoms with Crippen LogP contribution in [0.3, 0.4) is 0 Å². The number of benzene rings is 2. The van der Waals surface area contributed by atoms with E-state index in [-0.39, 0.29) is 6.61 Å². The van der Waals surface area contributed by atoms with Crippen molar-refractivity contribution in [3.05, 3.63) is 48.0 Å². The standard InChI is InChI=1S/C17H18O3/c1-3-19-11-17(2,18)12-8-9-16-14(10-12)13-6-4-5-7-15(13)20-16/h4-10,18H,3,11H2,1-2H3. The molecule has 1 aromatic heterocycles. The van der Waals surface area contributed by atoms with Crippen LogP contribution in [0.1, 0.15) is 19.4 Å². The van der Waals surface area contributed by atoms with Crippen LogP contribution in [-0.2, 0) is 10.3 Å². The lowest BCUT2D eigenvalue weighted by Gasteiger charge is -2.23. The molecule has 0 aliphatic heterocycles. The largest absolute Gasteiger partial charge is 0.456 e. The molecule has 0 aliphatic rings. The summed E-state index contributed by atoms with van der Waals surface area (Å²) in [6, 6.07) is 13.7. The number of rotatable bonds is 4. The normalized spacial score (nSPS) is 14.8. The maximum Gasteiger partial charge on any atom is 0.135 e. The minimum absolute atomic E-state index is 0.283. The summed E-state index contributed by atoms with van der Waals surface area (Å²) in [5.41, 5.74) is 1.54. The minimum atomic E-state index is -0.997. The van der Waals surface area contributed by atoms with E-state index in [0.29, 0.717) is 6.61 Å². The van der Waals surface area contributed by atoms with Crippen LogP contribution < -0.4 is 0 Å². The van der Waals surface area contributed by atoms with Gasteiger partial charge in [0, 0.05) is 17.4 Å². The van der Waals surface area contributed by atoms with Crippen LogP contribution in [0.4, 0.5) is 0 Å². The van der Waals surface area contributed by atoms with Crippen molar-refractivity contribution in [3.8, 4) is 0 Å². The maximum atomic E-state index is 10.5. The summed E-state index contributed by atoms with van der Waals surface area (Å²) in [7, 11) is 0. The summed E-state index contributed by atoms with van der Waals surface area (Å²) in [5, 5.41) is 12.6. The molecule has 1 heterocycles. The molecule has 0 aliphatic carbocycles. The number of hydrogen-bond acceptors (Lipinski definition) is 3. The van der Waals surface area contributed by atoms with Gasteiger partial charge < -0.3 is 14.3 Å². The summed E-state index contributed by atoms with van der Waals surface area (Å²) in [6.45, 7) is 4.56. The van der Waals surface area contributed by atoms with Crippen LogP contribution in [0.25, 0.3) is 21.9 Å². The number of fused-ring (bicyclic) bond motifs is 3. The number of furan rings is 1. The third-order valence-corrected chi connectivity index (χ3v) is 3.59. The van der Waals surface area contributed by atoms with Gasteiger partial charge in [-0.3, -0.25) is 0 Å². The first kappa shape index (κ1) is 13.2. The molecule has 3 rings (SSSR count). The molecule has 2 aromatic carbocycles. The first-order valence-corrected chi connectivity index (χ1v) is 6.84. The van der Waals surface area contributed by atoms with Crippen molar-refractivity contribution in [2.24, 2.45) is 0 Å². The van der Waals surface area contributed by atoms with Gasteiger partial charge in [0.2, 0.25) is 0 Å². The maximum absolute atomic E-state index is 10.5. The molecule has 20 heavy (non-hydrogen) atoms. The fourth-order valence-electron chi connectivity index (χ4n) is 2.45. The molecule has 1 N–H and O–H groups in total. The van der Waals surface area contributed by atoms with E-state index in [1.54, 1.807) is 6.92 Å². The molecular weight excluding hydrogens is 252 g/mol. The van der Waals surface area contributed by atoms with E-state index < -0.39 is 5.60 Å². The molecule has 1 unspecified atom stereocenters. The van der Waals surface area contributed by atoms with E-state index in [4.69, 9.17) is 9.15 Å². The van der Waals surface area contributed by atoms with Gasteiger partial charge in [0.05, 0.1) is 6.61 Å². The van der Waals surface area contributed by atoms with E-state index in [1.807, 2.05) is 49.4 Å². The highest BCUT2D eigenvalue weighted by atomic mass is 16.5. The quantitative estimate of drug-likeness (QED) is 0.783. The average molecular weight is 270 g/mol. The smallest absolute Gasteiger partial charge is 0.135 e. The highest BCUT2D eigenvalue weighted by Gasteiger charge is 2.24. The summed E-state index contributed by atoms with van der Waals surface area (Å²) >= 11 is 0. The minimum Gasteiger partial charge on any atom is -0.456 e. The van der Waals surface area contributed by atoms with Gasteiger partial charge in [-0.05, 0) is 37.6 Å². The number of para-hydroxylation sites is 1. The summed E-state index contributed by atoms with van der Waals surface area (Å²) < 4.78 is 11.1. The topological polar surface area (TPSA) is 42.6 Å². The van der Waals surface area contributed by atoms with E-state index in [2.05, 4.69) is 0 Å². The Morgan fingerprint density at radius 3 is 2.65 bits per heavy atom. The Bertz CT molecular complexity index is 740. The number of ether oxygens (including phenoxy) is 1. The highest BCUT2D eigenvalue weighted by Crippen LogP contribution is 2.32. The van der Waals surface area contributed by atoms with Crippen LogP contribution in [0.15, 0.2) is 46.9 Å². The van der Waals surface area contributed by atoms with Gasteiger partial charge in [0.15, 0.2) is 0 Å². The van der Waals surface area contributed by atoms with Crippen molar-refractivity contribution < 1.29 is 14.3 Å². The average Bonchev–Trinajstić information content (AvgIpc) is 2.83. The Balaban J connectivity index is 2.12. The van der Waals surface area contributed by atoms with Gasteiger partial charge >= 0.3 is 0 Å². The van der Waals surface area contributed by atoms with E-state index in [9.17, 15) is 5.11 Å². The Morgan fingerprint density at radius 2 is 1.85 bits per heavy atom. The van der Waals surface area contributed by atoms with Crippen LogP contribution in [0, 0.1) is 0 Å². The van der Waals surface area contributed by atoms with Gasteiger partial charge in [-0.2, -0.15) is 0 Å². The lowest BCUT2D eigenvalue weighted by atomic mass is 9.95. The number of hydrogen-bond donors (Lipinski definition) is 1. The summed E-state index contributed by atoms with van der Waals surface area (Å²) in [6.07, 6.45) is 0. The van der Waals surface area contributed by atoms with Crippen LogP contribution in [-0.4, -0.2) is 18.3 Å². The van der Waals surface area contributed by atoms with E-state index in [1.165, 1.54) is 0 Å². The first-order chi connectivity index (χ1) is 9.62. The molecule has 0 spiro atoms. The third-order valence-electron chi connectivity index (χ3n) is 3.59. The van der Waals surface area contributed by atoms with E-state index in [0.717, 1.165) is 27.5 Å². The predicted octanol–water partition coefficient (Wildman–Crippen LogP) is 3.83. The van der Waals surface area contributed by atoms with Gasteiger partial charge in [-0.15, -0.1) is 0 Å². The Hall–Kier alpha value is -1.84. The van der Waals surface area contributed by atoms with Crippen molar-refractivity contribution >= 4 is 21.9 Å². The van der Waals surface area contributed by atoms with Gasteiger partial charge in [0.25, 0.3) is 0 Å². The molecule has 3 aromatic rings. The third kappa shape index (κ3) is 2.19. The second-order valence-electron chi connectivity index (χ2n) is 5.22. The molecular formula is C17H18O3. The molecule has 0 amide bonds. The Kier molecular flexibility index (Phi) is 3.24. The van der Waals surface area contributed by atoms with Crippen LogP contribution in [0.5, 0.6) is 0 Å². The fraction of sp³-hybridized carbons (Fsp3) is 0.294. The van der Waals surface area contributed by atoms with Crippen molar-refractivity contribution in [1.82, 2.24) is 0 Å². The second kappa shape index (κ2) is 4.93. The van der Waals surface area contributed by atoms with Gasteiger partial charge in [-0.25, -0.2) is 0 Å². The summed E-state index contributed by atoms with van der Waals surface area (Å²) in [5.74, 6) is 0. The zero-order valence-electron chi connectivity index (χ0n) is 11.7. The molecule has 1 atom stereocenters. The molecule has 0 saturated heterocycles. The molecule has 0 radical (unpaired) electrons. The number of aliphatic hydroxyl groups is 1. The first-order valence-electron chi connectivity index (χ1n) is 6.84. The predicted molar refractivity (Wildman–Crippen MR) is 79.8 cm³/mol. The molecule has 0 fully saturated rings. The van der Waals surface area contributed by atoms with Gasteiger partial charge in [0.1, 0.15) is 16.8 Å². The Labute approximate surface area is 117 Å². The van der Waals surface area contributed by atoms with Crippen molar-refractivity contribution in [3.63, 3.8) is 0 Å². The molecule has 0 bridgehead atoms. The van der Waals surface area contributed by atoms with Crippen molar-refractivity contribution in [2.45, 2.75) is 19.4 Å². The zero-order chi connectivity index (χ0) is 14.2. The zero-order valence-corrected chi connectivity index (χ0v) is 11.7. The highest BCUT2D eigenvalue weighted by molar-refractivity contribution is 6.05. The monoisotopic (exact) mass is 270 g/mol. The van der Waals surface area contributed by atoms with Gasteiger partial charge in [-0.1, -0.05) is 24.3 Å². The molecule has 3 nitrogen and oxygen atoms in total. The van der Waals surface area contributed by atoms with Crippen LogP contribution >= 0.6 is 0 Å². The van der Waals surface area contributed by atoms with Crippen molar-refractivity contribution in [2.75, 3.05) is 13.2 Å². The lowest BCUT2D eigenvalue weighted by Crippen LogP contribution is -2.27.